The number of H-pyrrole nitrogens is 1. The van der Waals surface area contributed by atoms with Crippen molar-refractivity contribution in [3.8, 4) is 0 Å². The van der Waals surface area contributed by atoms with Crippen LogP contribution in [0.5, 0.6) is 0 Å². The van der Waals surface area contributed by atoms with E-state index in [0.717, 1.165) is 19.0 Å². The first kappa shape index (κ1) is 14.2. The third kappa shape index (κ3) is 2.56. The number of likely N-dealkylation sites (N-methyl/N-ethyl adjacent to an activating group) is 1. The highest BCUT2D eigenvalue weighted by atomic mass is 16.2. The Labute approximate surface area is 132 Å². The van der Waals surface area contributed by atoms with Gasteiger partial charge in [0.1, 0.15) is 0 Å². The molecular formula is C17H26N4O. The summed E-state index contributed by atoms with van der Waals surface area (Å²) < 4.78 is 0. The van der Waals surface area contributed by atoms with E-state index < -0.39 is 0 Å². The molecule has 3 fully saturated rings. The minimum absolute atomic E-state index is 0.312. The number of aromatic amines is 1. The molecule has 0 bridgehead atoms. The van der Waals surface area contributed by atoms with Crippen LogP contribution in [0.4, 0.5) is 0 Å². The summed E-state index contributed by atoms with van der Waals surface area (Å²) in [7, 11) is 1.95. The van der Waals surface area contributed by atoms with Crippen LogP contribution in [0.15, 0.2) is 12.4 Å². The standard InChI is InChI=1S/C17H26N4O/c1-20(7-6-12-8-18-19-9-12)17(22)16-14-10-21(11-15(14)16)13-4-2-3-5-13/h8-9,13-16H,2-7,10-11H2,1H3,(H,18,19)/t14-,15+,16?. The number of rotatable bonds is 5. The molecule has 0 radical (unpaired) electrons. The van der Waals surface area contributed by atoms with Crippen LogP contribution in [-0.4, -0.2) is 58.6 Å². The minimum Gasteiger partial charge on any atom is -0.345 e. The second-order valence-electron chi connectivity index (χ2n) is 7.36. The average molecular weight is 302 g/mol. The van der Waals surface area contributed by atoms with Crippen LogP contribution in [-0.2, 0) is 11.2 Å². The average Bonchev–Trinajstić information content (AvgIpc) is 3.08. The quantitative estimate of drug-likeness (QED) is 0.897. The van der Waals surface area contributed by atoms with E-state index in [1.165, 1.54) is 44.3 Å². The first-order chi connectivity index (χ1) is 10.7. The Morgan fingerprint density at radius 3 is 2.73 bits per heavy atom. The molecule has 2 heterocycles. The van der Waals surface area contributed by atoms with Crippen LogP contribution in [0, 0.1) is 17.8 Å². The molecule has 2 aliphatic carbocycles. The van der Waals surface area contributed by atoms with E-state index in [0.29, 0.717) is 23.7 Å². The zero-order valence-corrected chi connectivity index (χ0v) is 13.4. The summed E-state index contributed by atoms with van der Waals surface area (Å²) in [6.45, 7) is 3.13. The lowest BCUT2D eigenvalue weighted by Crippen LogP contribution is -2.37. The number of aromatic nitrogens is 2. The van der Waals surface area contributed by atoms with E-state index in [2.05, 4.69) is 15.1 Å². The number of carbonyl (C=O) groups is 1. The highest BCUT2D eigenvalue weighted by Crippen LogP contribution is 2.53. The van der Waals surface area contributed by atoms with Crippen molar-refractivity contribution in [1.29, 1.82) is 0 Å². The van der Waals surface area contributed by atoms with Crippen molar-refractivity contribution in [3.63, 3.8) is 0 Å². The number of amides is 1. The van der Waals surface area contributed by atoms with E-state index in [9.17, 15) is 4.79 Å². The van der Waals surface area contributed by atoms with Gasteiger partial charge in [-0.1, -0.05) is 12.8 Å². The molecular weight excluding hydrogens is 276 g/mol. The molecule has 3 atom stereocenters. The van der Waals surface area contributed by atoms with Gasteiger partial charge in [-0.05, 0) is 36.7 Å². The SMILES string of the molecule is CN(CCc1cn[nH]c1)C(=O)C1[C@H]2CN(C3CCCC3)C[C@@H]12. The van der Waals surface area contributed by atoms with Gasteiger partial charge in [0.05, 0.1) is 6.20 Å². The molecule has 1 unspecified atom stereocenters. The van der Waals surface area contributed by atoms with Gasteiger partial charge in [-0.3, -0.25) is 14.8 Å². The van der Waals surface area contributed by atoms with Gasteiger partial charge in [-0.15, -0.1) is 0 Å². The highest BCUT2D eigenvalue weighted by molar-refractivity contribution is 5.82. The van der Waals surface area contributed by atoms with E-state index in [1.54, 1.807) is 0 Å². The molecule has 4 rings (SSSR count). The molecule has 1 aromatic rings. The Morgan fingerprint density at radius 2 is 2.09 bits per heavy atom. The molecule has 1 saturated heterocycles. The number of nitrogens with zero attached hydrogens (tertiary/aromatic N) is 3. The molecule has 3 aliphatic rings. The van der Waals surface area contributed by atoms with Crippen molar-refractivity contribution >= 4 is 5.91 Å². The monoisotopic (exact) mass is 302 g/mol. The van der Waals surface area contributed by atoms with E-state index in [4.69, 9.17) is 0 Å². The molecule has 0 aromatic carbocycles. The molecule has 5 heteroatoms. The normalized spacial score (nSPS) is 31.4. The predicted octanol–water partition coefficient (Wildman–Crippen LogP) is 1.53. The van der Waals surface area contributed by atoms with Gasteiger partial charge in [0.25, 0.3) is 0 Å². The summed E-state index contributed by atoms with van der Waals surface area (Å²) in [5, 5.41) is 6.77. The van der Waals surface area contributed by atoms with Crippen molar-refractivity contribution in [1.82, 2.24) is 20.0 Å². The number of fused-ring (bicyclic) bond motifs is 1. The molecule has 1 N–H and O–H groups in total. The zero-order valence-electron chi connectivity index (χ0n) is 13.4. The maximum Gasteiger partial charge on any atom is 0.226 e. The molecule has 5 nitrogen and oxygen atoms in total. The largest absolute Gasteiger partial charge is 0.345 e. The highest BCUT2D eigenvalue weighted by Gasteiger charge is 2.60. The summed E-state index contributed by atoms with van der Waals surface area (Å²) in [6, 6.07) is 0.822. The van der Waals surface area contributed by atoms with E-state index in [-0.39, 0.29) is 0 Å². The summed E-state index contributed by atoms with van der Waals surface area (Å²) in [4.78, 5) is 17.2. The Bertz CT molecular complexity index is 511. The number of carbonyl (C=O) groups excluding carboxylic acids is 1. The maximum atomic E-state index is 12.6. The Kier molecular flexibility index (Phi) is 3.68. The molecule has 1 aromatic heterocycles. The first-order valence-electron chi connectivity index (χ1n) is 8.70. The lowest BCUT2D eigenvalue weighted by Gasteiger charge is -2.27. The summed E-state index contributed by atoms with van der Waals surface area (Å²) >= 11 is 0. The fourth-order valence-corrected chi connectivity index (χ4v) is 4.57. The Balaban J connectivity index is 1.25. The second kappa shape index (κ2) is 5.69. The summed E-state index contributed by atoms with van der Waals surface area (Å²) in [6.07, 6.45) is 10.2. The number of nitrogens with one attached hydrogen (secondary N) is 1. The van der Waals surface area contributed by atoms with Crippen LogP contribution >= 0.6 is 0 Å². The van der Waals surface area contributed by atoms with Crippen LogP contribution in [0.2, 0.25) is 0 Å². The second-order valence-corrected chi connectivity index (χ2v) is 7.36. The van der Waals surface area contributed by atoms with Crippen LogP contribution in [0.25, 0.3) is 0 Å². The van der Waals surface area contributed by atoms with Gasteiger partial charge in [0.2, 0.25) is 5.91 Å². The maximum absolute atomic E-state index is 12.6. The molecule has 2 saturated carbocycles. The minimum atomic E-state index is 0.312. The molecule has 0 spiro atoms. The van der Waals surface area contributed by atoms with Crippen LogP contribution in [0.1, 0.15) is 31.2 Å². The lowest BCUT2D eigenvalue weighted by atomic mass is 10.1. The third-order valence-corrected chi connectivity index (χ3v) is 6.02. The van der Waals surface area contributed by atoms with Crippen molar-refractivity contribution in [3.05, 3.63) is 18.0 Å². The summed E-state index contributed by atoms with van der Waals surface area (Å²) in [5.41, 5.74) is 1.17. The van der Waals surface area contributed by atoms with E-state index in [1.807, 2.05) is 24.3 Å². The Hall–Kier alpha value is -1.36. The molecule has 1 amide bonds. The third-order valence-electron chi connectivity index (χ3n) is 6.02. The fourth-order valence-electron chi connectivity index (χ4n) is 4.57. The fraction of sp³-hybridized carbons (Fsp3) is 0.765. The van der Waals surface area contributed by atoms with Crippen LogP contribution < -0.4 is 0 Å². The van der Waals surface area contributed by atoms with Gasteiger partial charge in [-0.2, -0.15) is 5.10 Å². The number of piperidine rings is 1. The number of hydrogen-bond donors (Lipinski definition) is 1. The first-order valence-corrected chi connectivity index (χ1v) is 8.70. The van der Waals surface area contributed by atoms with Crippen molar-refractivity contribution in [2.45, 2.75) is 38.1 Å². The topological polar surface area (TPSA) is 52.2 Å². The zero-order chi connectivity index (χ0) is 15.1. The molecule has 1 aliphatic heterocycles. The number of likely N-dealkylation sites (tertiary alicyclic amines) is 1. The molecule has 22 heavy (non-hydrogen) atoms. The Morgan fingerprint density at radius 1 is 1.36 bits per heavy atom. The van der Waals surface area contributed by atoms with Crippen LogP contribution in [0.3, 0.4) is 0 Å². The van der Waals surface area contributed by atoms with Crippen molar-refractivity contribution < 1.29 is 4.79 Å². The van der Waals surface area contributed by atoms with Gasteiger partial charge >= 0.3 is 0 Å². The number of hydrogen-bond acceptors (Lipinski definition) is 3. The predicted molar refractivity (Wildman–Crippen MR) is 84.2 cm³/mol. The summed E-state index contributed by atoms with van der Waals surface area (Å²) in [5.74, 6) is 1.96. The van der Waals surface area contributed by atoms with Crippen molar-refractivity contribution in [2.75, 3.05) is 26.7 Å². The molecule has 120 valence electrons. The van der Waals surface area contributed by atoms with Crippen molar-refractivity contribution in [2.24, 2.45) is 17.8 Å². The van der Waals surface area contributed by atoms with Gasteiger partial charge in [0.15, 0.2) is 0 Å². The lowest BCUT2D eigenvalue weighted by molar-refractivity contribution is -0.132. The van der Waals surface area contributed by atoms with E-state index >= 15 is 0 Å². The smallest absolute Gasteiger partial charge is 0.226 e. The van der Waals surface area contributed by atoms with Gasteiger partial charge in [-0.25, -0.2) is 0 Å². The van der Waals surface area contributed by atoms with Gasteiger partial charge in [0, 0.05) is 44.8 Å². The van der Waals surface area contributed by atoms with Gasteiger partial charge < -0.3 is 4.90 Å².